The molecule has 0 spiro atoms. The Morgan fingerprint density at radius 3 is 2.77 bits per heavy atom. The number of hydrogen-bond acceptors (Lipinski definition) is 4. The molecule has 0 radical (unpaired) electrons. The molecule has 13 heavy (non-hydrogen) atoms. The molecule has 2 aromatic rings. The van der Waals surface area contributed by atoms with Crippen LogP contribution in [0.4, 0.5) is 0 Å². The summed E-state index contributed by atoms with van der Waals surface area (Å²) in [5.41, 5.74) is 0.537. The van der Waals surface area contributed by atoms with E-state index in [2.05, 4.69) is 0 Å². The van der Waals surface area contributed by atoms with Crippen LogP contribution in [0, 0.1) is 0 Å². The van der Waals surface area contributed by atoms with E-state index in [1.165, 1.54) is 17.4 Å². The zero-order valence-electron chi connectivity index (χ0n) is 6.52. The van der Waals surface area contributed by atoms with Crippen molar-refractivity contribution in [2.24, 2.45) is 0 Å². The van der Waals surface area contributed by atoms with Gasteiger partial charge in [-0.2, -0.15) is 0 Å². The molecule has 0 fully saturated rings. The Bertz CT molecular complexity index is 473. The van der Waals surface area contributed by atoms with Crippen molar-refractivity contribution in [2.45, 2.75) is 0 Å². The summed E-state index contributed by atoms with van der Waals surface area (Å²) in [6, 6.07) is 2.99. The van der Waals surface area contributed by atoms with Gasteiger partial charge in [0.1, 0.15) is 0 Å². The van der Waals surface area contributed by atoms with Gasteiger partial charge in [-0.1, -0.05) is 0 Å². The van der Waals surface area contributed by atoms with Crippen molar-refractivity contribution in [1.82, 2.24) is 0 Å². The highest BCUT2D eigenvalue weighted by atomic mass is 32.1. The smallest absolute Gasteiger partial charge is 0.175 e. The van der Waals surface area contributed by atoms with E-state index < -0.39 is 0 Å². The lowest BCUT2D eigenvalue weighted by molar-refractivity contribution is 0.112. The molecule has 2 N–H and O–H groups in total. The fourth-order valence-electron chi connectivity index (χ4n) is 1.18. The molecule has 0 aliphatic rings. The number of thiophene rings is 1. The van der Waals surface area contributed by atoms with Gasteiger partial charge >= 0.3 is 0 Å². The molecule has 1 heterocycles. The minimum atomic E-state index is -0.160. The molecule has 1 aromatic heterocycles. The van der Waals surface area contributed by atoms with Gasteiger partial charge in [-0.15, -0.1) is 11.3 Å². The summed E-state index contributed by atoms with van der Waals surface area (Å²) in [6.07, 6.45) is 0.731. The van der Waals surface area contributed by atoms with Crippen LogP contribution >= 0.6 is 11.3 Å². The Morgan fingerprint density at radius 1 is 1.31 bits per heavy atom. The van der Waals surface area contributed by atoms with E-state index in [4.69, 9.17) is 5.11 Å². The van der Waals surface area contributed by atoms with Crippen LogP contribution < -0.4 is 0 Å². The van der Waals surface area contributed by atoms with Gasteiger partial charge in [-0.25, -0.2) is 0 Å². The molecule has 0 aliphatic heterocycles. The minimum Gasteiger partial charge on any atom is -0.504 e. The summed E-state index contributed by atoms with van der Waals surface area (Å²) in [7, 11) is 0. The normalized spacial score (nSPS) is 10.5. The van der Waals surface area contributed by atoms with E-state index in [1.54, 1.807) is 11.4 Å². The van der Waals surface area contributed by atoms with Gasteiger partial charge < -0.3 is 10.2 Å². The average Bonchev–Trinajstić information content (AvgIpc) is 2.55. The highest BCUT2D eigenvalue weighted by molar-refractivity contribution is 7.18. The maximum atomic E-state index is 10.5. The highest BCUT2D eigenvalue weighted by Gasteiger charge is 2.09. The van der Waals surface area contributed by atoms with Gasteiger partial charge in [0.2, 0.25) is 0 Å². The number of aromatic hydroxyl groups is 2. The lowest BCUT2D eigenvalue weighted by Gasteiger charge is -1.97. The van der Waals surface area contributed by atoms with Gasteiger partial charge in [-0.05, 0) is 12.1 Å². The number of hydrogen-bond donors (Lipinski definition) is 2. The molecule has 3 nitrogen and oxygen atoms in total. The number of carbonyl (C=O) groups excluding carboxylic acids is 1. The molecule has 0 saturated heterocycles. The molecular formula is C9H6O3S. The summed E-state index contributed by atoms with van der Waals surface area (Å²) >= 11 is 1.24. The molecule has 0 bridgehead atoms. The number of carbonyl (C=O) groups is 1. The molecule has 1 aromatic carbocycles. The van der Waals surface area contributed by atoms with Crippen LogP contribution in [-0.2, 0) is 0 Å². The van der Waals surface area contributed by atoms with Crippen LogP contribution in [-0.4, -0.2) is 16.5 Å². The Morgan fingerprint density at radius 2 is 2.08 bits per heavy atom. The highest BCUT2D eigenvalue weighted by Crippen LogP contribution is 2.38. The molecule has 2 rings (SSSR count). The summed E-state index contributed by atoms with van der Waals surface area (Å²) in [5, 5.41) is 20.9. The number of benzene rings is 1. The van der Waals surface area contributed by atoms with Crippen LogP contribution in [0.1, 0.15) is 10.4 Å². The van der Waals surface area contributed by atoms with Gasteiger partial charge in [0.15, 0.2) is 17.8 Å². The number of phenolic OH excluding ortho intramolecular Hbond substituents is 2. The Kier molecular flexibility index (Phi) is 1.70. The largest absolute Gasteiger partial charge is 0.504 e. The minimum absolute atomic E-state index is 0.157. The Labute approximate surface area is 77.9 Å². The molecule has 0 amide bonds. The van der Waals surface area contributed by atoms with Crippen LogP contribution in [0.2, 0.25) is 0 Å². The van der Waals surface area contributed by atoms with Crippen LogP contribution in [0.3, 0.4) is 0 Å². The second-order valence-corrected chi connectivity index (χ2v) is 3.50. The third-order valence-corrected chi connectivity index (χ3v) is 2.87. The molecule has 0 atom stereocenters. The first-order valence-electron chi connectivity index (χ1n) is 3.61. The summed E-state index contributed by atoms with van der Waals surface area (Å²) in [6.45, 7) is 0. The quantitative estimate of drug-likeness (QED) is 0.540. The summed E-state index contributed by atoms with van der Waals surface area (Å²) < 4.78 is 0.544. The predicted octanol–water partition coefficient (Wildman–Crippen LogP) is 2.13. The molecular weight excluding hydrogens is 188 g/mol. The van der Waals surface area contributed by atoms with Crippen molar-refractivity contribution in [3.8, 4) is 11.5 Å². The van der Waals surface area contributed by atoms with Crippen LogP contribution in [0.25, 0.3) is 10.1 Å². The zero-order chi connectivity index (χ0) is 9.42. The molecule has 0 aliphatic carbocycles. The molecule has 4 heteroatoms. The van der Waals surface area contributed by atoms with Gasteiger partial charge in [0, 0.05) is 16.3 Å². The fraction of sp³-hybridized carbons (Fsp3) is 0. The van der Waals surface area contributed by atoms with E-state index >= 15 is 0 Å². The summed E-state index contributed by atoms with van der Waals surface area (Å²) in [4.78, 5) is 10.5. The van der Waals surface area contributed by atoms with E-state index in [-0.39, 0.29) is 11.5 Å². The standard InChI is InChI=1S/C9H6O3S/c10-3-5-4-13-9-6(5)1-2-7(11)8(9)12/h1-4,11-12H. The van der Waals surface area contributed by atoms with Crippen molar-refractivity contribution >= 4 is 27.7 Å². The third-order valence-electron chi connectivity index (χ3n) is 1.85. The molecule has 0 unspecified atom stereocenters. The van der Waals surface area contributed by atoms with Gasteiger partial charge in [0.05, 0.1) is 4.70 Å². The number of fused-ring (bicyclic) bond motifs is 1. The second kappa shape index (κ2) is 2.74. The molecule has 66 valence electrons. The first-order chi connectivity index (χ1) is 6.24. The molecule has 0 saturated carbocycles. The fourth-order valence-corrected chi connectivity index (χ4v) is 2.14. The van der Waals surface area contributed by atoms with E-state index in [9.17, 15) is 9.90 Å². The van der Waals surface area contributed by atoms with Gasteiger partial charge in [0.25, 0.3) is 0 Å². The Hall–Kier alpha value is -1.55. The number of aldehydes is 1. The third kappa shape index (κ3) is 1.07. The maximum Gasteiger partial charge on any atom is 0.175 e. The van der Waals surface area contributed by atoms with Crippen molar-refractivity contribution in [3.63, 3.8) is 0 Å². The lowest BCUT2D eigenvalue weighted by atomic mass is 10.2. The topological polar surface area (TPSA) is 57.5 Å². The van der Waals surface area contributed by atoms with Gasteiger partial charge in [-0.3, -0.25) is 4.79 Å². The number of phenols is 2. The summed E-state index contributed by atoms with van der Waals surface area (Å²) in [5.74, 6) is -0.317. The maximum absolute atomic E-state index is 10.5. The number of rotatable bonds is 1. The van der Waals surface area contributed by atoms with Crippen LogP contribution in [0.5, 0.6) is 11.5 Å². The lowest BCUT2D eigenvalue weighted by Crippen LogP contribution is -1.75. The Balaban J connectivity index is 2.88. The monoisotopic (exact) mass is 194 g/mol. The zero-order valence-corrected chi connectivity index (χ0v) is 7.34. The van der Waals surface area contributed by atoms with Crippen LogP contribution in [0.15, 0.2) is 17.5 Å². The van der Waals surface area contributed by atoms with E-state index in [1.807, 2.05) is 0 Å². The second-order valence-electron chi connectivity index (χ2n) is 2.62. The van der Waals surface area contributed by atoms with E-state index in [0.717, 1.165) is 6.29 Å². The van der Waals surface area contributed by atoms with Crippen molar-refractivity contribution < 1.29 is 15.0 Å². The van der Waals surface area contributed by atoms with E-state index in [0.29, 0.717) is 15.6 Å². The van der Waals surface area contributed by atoms with Crippen molar-refractivity contribution in [1.29, 1.82) is 0 Å². The predicted molar refractivity (Wildman–Crippen MR) is 50.5 cm³/mol. The first kappa shape index (κ1) is 8.07. The van der Waals surface area contributed by atoms with Crippen molar-refractivity contribution in [2.75, 3.05) is 0 Å². The average molecular weight is 194 g/mol. The van der Waals surface area contributed by atoms with Crippen molar-refractivity contribution in [3.05, 3.63) is 23.1 Å². The SMILES string of the molecule is O=Cc1csc2c(O)c(O)ccc12. The first-order valence-corrected chi connectivity index (χ1v) is 4.49.